The minimum atomic E-state index is -0.461. The Hall–Kier alpha value is -1.78. The lowest BCUT2D eigenvalue weighted by molar-refractivity contribution is -0.143. The largest absolute Gasteiger partial charge is 0.464 e. The van der Waals surface area contributed by atoms with Gasteiger partial charge in [0, 0.05) is 6.20 Å². The highest BCUT2D eigenvalue weighted by Crippen LogP contribution is 2.16. The number of carbonyl (C=O) groups is 1. The van der Waals surface area contributed by atoms with Crippen molar-refractivity contribution in [3.63, 3.8) is 0 Å². The van der Waals surface area contributed by atoms with Gasteiger partial charge in [-0.25, -0.2) is 9.78 Å². The second-order valence-electron chi connectivity index (χ2n) is 3.57. The number of aromatic nitrogens is 1. The molecule has 0 aliphatic rings. The summed E-state index contributed by atoms with van der Waals surface area (Å²) in [5.74, 6) is 0.190. The van der Waals surface area contributed by atoms with Crippen LogP contribution in [0.5, 0.6) is 0 Å². The van der Waals surface area contributed by atoms with E-state index >= 15 is 0 Å². The molecule has 0 aliphatic heterocycles. The van der Waals surface area contributed by atoms with Gasteiger partial charge in [-0.3, -0.25) is 0 Å². The first-order valence-electron chi connectivity index (χ1n) is 5.20. The van der Waals surface area contributed by atoms with Gasteiger partial charge in [0.1, 0.15) is 11.9 Å². The van der Waals surface area contributed by atoms with E-state index in [1.807, 2.05) is 6.92 Å². The van der Waals surface area contributed by atoms with Gasteiger partial charge in [-0.1, -0.05) is 0 Å². The van der Waals surface area contributed by atoms with E-state index in [1.54, 1.807) is 26.1 Å². The number of nitrogens with two attached hydrogens (primary N) is 1. The van der Waals surface area contributed by atoms with Crippen molar-refractivity contribution >= 4 is 17.5 Å². The predicted octanol–water partition coefficient (Wildman–Crippen LogP) is 1.34. The number of rotatable bonds is 4. The van der Waals surface area contributed by atoms with E-state index in [4.69, 9.17) is 10.5 Å². The molecule has 0 radical (unpaired) electrons. The molecule has 3 N–H and O–H groups in total. The summed E-state index contributed by atoms with van der Waals surface area (Å²) in [7, 11) is 0. The van der Waals surface area contributed by atoms with Crippen LogP contribution in [-0.4, -0.2) is 23.6 Å². The average Bonchev–Trinajstić information content (AvgIpc) is 2.22. The Morgan fingerprint density at radius 3 is 2.94 bits per heavy atom. The third-order valence-corrected chi connectivity index (χ3v) is 2.05. The molecular weight excluding hydrogens is 206 g/mol. The molecule has 5 nitrogen and oxygen atoms in total. The summed E-state index contributed by atoms with van der Waals surface area (Å²) in [5, 5.41) is 2.91. The van der Waals surface area contributed by atoms with Crippen LogP contribution >= 0.6 is 0 Å². The third-order valence-electron chi connectivity index (χ3n) is 2.05. The molecule has 1 rings (SSSR count). The molecule has 0 amide bonds. The summed E-state index contributed by atoms with van der Waals surface area (Å²) in [6, 6.07) is 1.34. The zero-order chi connectivity index (χ0) is 12.1. The zero-order valence-electron chi connectivity index (χ0n) is 9.78. The molecule has 1 aromatic heterocycles. The lowest BCUT2D eigenvalue weighted by Crippen LogP contribution is -2.29. The number of carbonyl (C=O) groups excluding carboxylic acids is 1. The number of esters is 1. The average molecular weight is 223 g/mol. The van der Waals surface area contributed by atoms with E-state index < -0.39 is 6.04 Å². The maximum Gasteiger partial charge on any atom is 0.328 e. The maximum absolute atomic E-state index is 11.4. The number of ether oxygens (including phenoxy) is 1. The van der Waals surface area contributed by atoms with Crippen LogP contribution in [0.2, 0.25) is 0 Å². The van der Waals surface area contributed by atoms with Crippen molar-refractivity contribution in [1.82, 2.24) is 4.98 Å². The van der Waals surface area contributed by atoms with Crippen molar-refractivity contribution in [3.05, 3.63) is 17.8 Å². The lowest BCUT2D eigenvalue weighted by atomic mass is 10.2. The van der Waals surface area contributed by atoms with Crippen molar-refractivity contribution < 1.29 is 9.53 Å². The van der Waals surface area contributed by atoms with Crippen molar-refractivity contribution in [2.45, 2.75) is 26.8 Å². The Bertz CT molecular complexity index is 379. The van der Waals surface area contributed by atoms with Gasteiger partial charge < -0.3 is 15.8 Å². The Morgan fingerprint density at radius 2 is 2.38 bits per heavy atom. The van der Waals surface area contributed by atoms with E-state index in [2.05, 4.69) is 10.3 Å². The fourth-order valence-electron chi connectivity index (χ4n) is 1.24. The van der Waals surface area contributed by atoms with Gasteiger partial charge in [-0.2, -0.15) is 0 Å². The molecule has 0 aliphatic carbocycles. The Labute approximate surface area is 95.0 Å². The molecule has 1 unspecified atom stereocenters. The lowest BCUT2D eigenvalue weighted by Gasteiger charge is -2.14. The van der Waals surface area contributed by atoms with Gasteiger partial charge in [-0.15, -0.1) is 0 Å². The van der Waals surface area contributed by atoms with Crippen molar-refractivity contribution in [2.75, 3.05) is 17.7 Å². The molecule has 0 aromatic carbocycles. The molecule has 0 saturated heterocycles. The molecule has 1 heterocycles. The first kappa shape index (κ1) is 12.3. The molecule has 5 heteroatoms. The second kappa shape index (κ2) is 5.34. The first-order chi connectivity index (χ1) is 7.54. The Balaban J connectivity index is 2.69. The number of hydrogen-bond donors (Lipinski definition) is 2. The maximum atomic E-state index is 11.4. The number of anilines is 2. The van der Waals surface area contributed by atoms with Crippen molar-refractivity contribution in [2.24, 2.45) is 0 Å². The van der Waals surface area contributed by atoms with Gasteiger partial charge >= 0.3 is 5.97 Å². The van der Waals surface area contributed by atoms with Crippen LogP contribution in [0.1, 0.15) is 19.4 Å². The minimum Gasteiger partial charge on any atom is -0.464 e. The standard InChI is InChI=1S/C11H17N3O2/c1-4-16-11(15)8(3)14-10-9(12)5-7(2)6-13-10/h5-6,8H,4,12H2,1-3H3,(H,13,14). The quantitative estimate of drug-likeness (QED) is 0.753. The van der Waals surface area contributed by atoms with Gasteiger partial charge in [0.2, 0.25) is 0 Å². The fraction of sp³-hybridized carbons (Fsp3) is 0.455. The molecular formula is C11H17N3O2. The van der Waals surface area contributed by atoms with Crippen LogP contribution in [-0.2, 0) is 9.53 Å². The van der Waals surface area contributed by atoms with Crippen LogP contribution in [0.3, 0.4) is 0 Å². The minimum absolute atomic E-state index is 0.315. The monoisotopic (exact) mass is 223 g/mol. The number of nitrogens with one attached hydrogen (secondary N) is 1. The Kier molecular flexibility index (Phi) is 4.10. The third kappa shape index (κ3) is 3.12. The highest BCUT2D eigenvalue weighted by molar-refractivity contribution is 5.79. The molecule has 0 fully saturated rings. The highest BCUT2D eigenvalue weighted by atomic mass is 16.5. The van der Waals surface area contributed by atoms with Crippen LogP contribution in [0.4, 0.5) is 11.5 Å². The van der Waals surface area contributed by atoms with E-state index in [0.29, 0.717) is 18.1 Å². The second-order valence-corrected chi connectivity index (χ2v) is 3.57. The zero-order valence-corrected chi connectivity index (χ0v) is 9.78. The first-order valence-corrected chi connectivity index (χ1v) is 5.20. The SMILES string of the molecule is CCOC(=O)C(C)Nc1ncc(C)cc1N. The molecule has 0 saturated carbocycles. The molecule has 1 aromatic rings. The molecule has 16 heavy (non-hydrogen) atoms. The normalized spacial score (nSPS) is 11.9. The number of nitrogen functional groups attached to an aromatic ring is 1. The molecule has 0 bridgehead atoms. The summed E-state index contributed by atoms with van der Waals surface area (Å²) in [5.41, 5.74) is 7.27. The smallest absolute Gasteiger partial charge is 0.328 e. The molecule has 1 atom stereocenters. The predicted molar refractivity (Wildman–Crippen MR) is 63.1 cm³/mol. The fourth-order valence-corrected chi connectivity index (χ4v) is 1.24. The topological polar surface area (TPSA) is 77.2 Å². The Morgan fingerprint density at radius 1 is 1.69 bits per heavy atom. The van der Waals surface area contributed by atoms with E-state index in [0.717, 1.165) is 5.56 Å². The summed E-state index contributed by atoms with van der Waals surface area (Å²) in [4.78, 5) is 15.5. The molecule has 88 valence electrons. The van der Waals surface area contributed by atoms with Gasteiger partial charge in [0.05, 0.1) is 12.3 Å². The van der Waals surface area contributed by atoms with Crippen LogP contribution in [0, 0.1) is 6.92 Å². The van der Waals surface area contributed by atoms with Crippen molar-refractivity contribution in [3.8, 4) is 0 Å². The van der Waals surface area contributed by atoms with E-state index in [1.165, 1.54) is 0 Å². The van der Waals surface area contributed by atoms with Gasteiger partial charge in [0.15, 0.2) is 0 Å². The van der Waals surface area contributed by atoms with Crippen LogP contribution in [0.25, 0.3) is 0 Å². The number of hydrogen-bond acceptors (Lipinski definition) is 5. The van der Waals surface area contributed by atoms with E-state index in [-0.39, 0.29) is 5.97 Å². The molecule has 0 spiro atoms. The van der Waals surface area contributed by atoms with E-state index in [9.17, 15) is 4.79 Å². The van der Waals surface area contributed by atoms with Crippen LogP contribution < -0.4 is 11.1 Å². The summed E-state index contributed by atoms with van der Waals surface area (Å²) in [6.07, 6.45) is 1.69. The van der Waals surface area contributed by atoms with Crippen LogP contribution in [0.15, 0.2) is 12.3 Å². The van der Waals surface area contributed by atoms with Crippen molar-refractivity contribution in [1.29, 1.82) is 0 Å². The number of pyridine rings is 1. The van der Waals surface area contributed by atoms with Gasteiger partial charge in [0.25, 0.3) is 0 Å². The van der Waals surface area contributed by atoms with Gasteiger partial charge in [-0.05, 0) is 32.4 Å². The highest BCUT2D eigenvalue weighted by Gasteiger charge is 2.15. The number of aryl methyl sites for hydroxylation is 1. The summed E-state index contributed by atoms with van der Waals surface area (Å²) < 4.78 is 4.87. The summed E-state index contributed by atoms with van der Waals surface area (Å²) >= 11 is 0. The number of nitrogens with zero attached hydrogens (tertiary/aromatic N) is 1. The summed E-state index contributed by atoms with van der Waals surface area (Å²) in [6.45, 7) is 5.74.